The van der Waals surface area contributed by atoms with Crippen LogP contribution in [0, 0.1) is 0 Å². The van der Waals surface area contributed by atoms with E-state index in [1.807, 2.05) is 0 Å². The topological polar surface area (TPSA) is 51.2 Å². The molecule has 5 rings (SSSR count). The second-order valence-corrected chi connectivity index (χ2v) is 7.49. The van der Waals surface area contributed by atoms with Crippen molar-refractivity contribution in [2.24, 2.45) is 0 Å². The molecule has 5 heteroatoms. The van der Waals surface area contributed by atoms with E-state index < -0.39 is 6.10 Å². The van der Waals surface area contributed by atoms with E-state index in [2.05, 4.69) is 30.2 Å². The molecule has 0 unspecified atom stereocenters. The van der Waals surface area contributed by atoms with Crippen molar-refractivity contribution in [1.82, 2.24) is 4.90 Å². The maximum atomic E-state index is 10.5. The highest BCUT2D eigenvalue weighted by Crippen LogP contribution is 2.55. The fourth-order valence-corrected chi connectivity index (χ4v) is 5.17. The van der Waals surface area contributed by atoms with E-state index in [4.69, 9.17) is 14.2 Å². The lowest BCUT2D eigenvalue weighted by atomic mass is 9.56. The van der Waals surface area contributed by atoms with Crippen molar-refractivity contribution in [3.8, 4) is 11.5 Å². The minimum Gasteiger partial charge on any atom is -0.454 e. The average Bonchev–Trinajstić information content (AvgIpc) is 3.04. The van der Waals surface area contributed by atoms with Crippen molar-refractivity contribution in [3.63, 3.8) is 0 Å². The fourth-order valence-electron chi connectivity index (χ4n) is 5.17. The van der Waals surface area contributed by atoms with E-state index in [0.29, 0.717) is 12.8 Å². The zero-order valence-electron chi connectivity index (χ0n) is 14.1. The number of likely N-dealkylation sites (tertiary alicyclic amines) is 1. The lowest BCUT2D eigenvalue weighted by Gasteiger charge is -2.55. The number of rotatable bonds is 1. The molecule has 1 aromatic carbocycles. The third-order valence-corrected chi connectivity index (χ3v) is 6.45. The minimum atomic E-state index is -0.525. The van der Waals surface area contributed by atoms with Crippen LogP contribution >= 0.6 is 0 Å². The number of aliphatic hydroxyl groups is 1. The number of likely N-dealkylation sites (N-methyl/N-ethyl adjacent to an activating group) is 1. The molecule has 1 saturated heterocycles. The Morgan fingerprint density at radius 2 is 2.08 bits per heavy atom. The summed E-state index contributed by atoms with van der Waals surface area (Å²) in [4.78, 5) is 2.41. The molecule has 2 aliphatic heterocycles. The van der Waals surface area contributed by atoms with E-state index in [9.17, 15) is 5.11 Å². The Balaban J connectivity index is 1.73. The van der Waals surface area contributed by atoms with Gasteiger partial charge in [0, 0.05) is 18.6 Å². The highest BCUT2D eigenvalue weighted by Gasteiger charge is 2.53. The maximum absolute atomic E-state index is 10.5. The number of benzene rings is 1. The van der Waals surface area contributed by atoms with Gasteiger partial charge in [-0.15, -0.1) is 0 Å². The van der Waals surface area contributed by atoms with Crippen molar-refractivity contribution in [1.29, 1.82) is 0 Å². The summed E-state index contributed by atoms with van der Waals surface area (Å²) in [5, 5.41) is 10.5. The first-order valence-corrected chi connectivity index (χ1v) is 8.69. The number of hydrogen-bond acceptors (Lipinski definition) is 5. The molecule has 4 aliphatic rings. The molecule has 0 saturated carbocycles. The van der Waals surface area contributed by atoms with Crippen LogP contribution in [0.4, 0.5) is 0 Å². The minimum absolute atomic E-state index is 0.0500. The Morgan fingerprint density at radius 3 is 2.88 bits per heavy atom. The van der Waals surface area contributed by atoms with Crippen LogP contribution in [-0.2, 0) is 16.6 Å². The lowest BCUT2D eigenvalue weighted by Crippen LogP contribution is -2.58. The molecule has 0 amide bonds. The molecule has 128 valence electrons. The molecule has 0 aromatic heterocycles. The normalized spacial score (nSPS) is 36.8. The molecule has 24 heavy (non-hydrogen) atoms. The number of aliphatic hydroxyl groups excluding tert-OH is 1. The first kappa shape index (κ1) is 14.8. The van der Waals surface area contributed by atoms with Gasteiger partial charge in [0.2, 0.25) is 6.79 Å². The highest BCUT2D eigenvalue weighted by atomic mass is 16.7. The van der Waals surface area contributed by atoms with Crippen LogP contribution in [0.15, 0.2) is 23.8 Å². The summed E-state index contributed by atoms with van der Waals surface area (Å²) < 4.78 is 16.8. The predicted molar refractivity (Wildman–Crippen MR) is 88.5 cm³/mol. The zero-order valence-corrected chi connectivity index (χ0v) is 14.1. The summed E-state index contributed by atoms with van der Waals surface area (Å²) in [6.07, 6.45) is 4.21. The first-order chi connectivity index (χ1) is 11.6. The van der Waals surface area contributed by atoms with Crippen LogP contribution in [0.5, 0.6) is 11.5 Å². The second kappa shape index (κ2) is 4.97. The summed E-state index contributed by atoms with van der Waals surface area (Å²) >= 11 is 0. The smallest absolute Gasteiger partial charge is 0.231 e. The van der Waals surface area contributed by atoms with E-state index in [1.165, 1.54) is 16.7 Å². The Labute approximate surface area is 141 Å². The van der Waals surface area contributed by atoms with Gasteiger partial charge in [-0.05, 0) is 61.7 Å². The Bertz CT molecular complexity index is 730. The van der Waals surface area contributed by atoms with Crippen LogP contribution in [-0.4, -0.2) is 55.8 Å². The van der Waals surface area contributed by atoms with E-state index in [1.54, 1.807) is 7.11 Å². The predicted octanol–water partition coefficient (Wildman–Crippen LogP) is 1.62. The number of ether oxygens (including phenoxy) is 3. The SMILES string of the molecule is CO[C@@H]1C[C@]23CCN(C)[C@H](Cc4cc5c(cc42)OCO5)C3=C[C@@H]1O. The van der Waals surface area contributed by atoms with Gasteiger partial charge in [0.25, 0.3) is 0 Å². The van der Waals surface area contributed by atoms with E-state index >= 15 is 0 Å². The largest absolute Gasteiger partial charge is 0.454 e. The van der Waals surface area contributed by atoms with Crippen LogP contribution < -0.4 is 9.47 Å². The molecule has 1 N–H and O–H groups in total. The van der Waals surface area contributed by atoms with Gasteiger partial charge in [0.1, 0.15) is 0 Å². The van der Waals surface area contributed by atoms with Crippen LogP contribution in [0.25, 0.3) is 0 Å². The van der Waals surface area contributed by atoms with Crippen molar-refractivity contribution in [2.45, 2.75) is 42.9 Å². The van der Waals surface area contributed by atoms with Crippen molar-refractivity contribution >= 4 is 0 Å². The standard InChI is InChI=1S/C19H23NO4/c1-20-4-3-19-9-18(22-2)15(21)7-13(19)14(20)5-11-6-16-17(8-12(11)19)24-10-23-16/h6-8,14-15,18,21H,3-5,9-10H2,1-2H3/t14-,15+,18-,19-/m1/s1. The summed E-state index contributed by atoms with van der Waals surface area (Å²) in [6, 6.07) is 4.69. The van der Waals surface area contributed by atoms with Gasteiger partial charge in [-0.3, -0.25) is 4.90 Å². The van der Waals surface area contributed by atoms with Gasteiger partial charge < -0.3 is 19.3 Å². The molecule has 2 bridgehead atoms. The molecule has 2 heterocycles. The van der Waals surface area contributed by atoms with Crippen LogP contribution in [0.1, 0.15) is 24.0 Å². The average molecular weight is 329 g/mol. The van der Waals surface area contributed by atoms with E-state index in [0.717, 1.165) is 37.3 Å². The van der Waals surface area contributed by atoms with Gasteiger partial charge in [0.15, 0.2) is 11.5 Å². The summed E-state index contributed by atoms with van der Waals surface area (Å²) in [5.74, 6) is 1.71. The fraction of sp³-hybridized carbons (Fsp3) is 0.579. The van der Waals surface area contributed by atoms with Crippen molar-refractivity contribution in [3.05, 3.63) is 34.9 Å². The molecule has 4 atom stereocenters. The van der Waals surface area contributed by atoms with Crippen molar-refractivity contribution in [2.75, 3.05) is 27.5 Å². The van der Waals surface area contributed by atoms with Crippen LogP contribution in [0.2, 0.25) is 0 Å². The maximum Gasteiger partial charge on any atom is 0.231 e. The number of hydrogen-bond donors (Lipinski definition) is 1. The number of fused-ring (bicyclic) bond motifs is 2. The van der Waals surface area contributed by atoms with Crippen LogP contribution in [0.3, 0.4) is 0 Å². The molecule has 1 fully saturated rings. The highest BCUT2D eigenvalue weighted by molar-refractivity contribution is 5.58. The molecular weight excluding hydrogens is 306 g/mol. The molecule has 0 spiro atoms. The second-order valence-electron chi connectivity index (χ2n) is 7.49. The Hall–Kier alpha value is -1.56. The monoisotopic (exact) mass is 329 g/mol. The number of methoxy groups -OCH3 is 1. The van der Waals surface area contributed by atoms with E-state index in [-0.39, 0.29) is 11.5 Å². The van der Waals surface area contributed by atoms with Gasteiger partial charge in [0.05, 0.1) is 12.2 Å². The Kier molecular flexibility index (Phi) is 3.06. The summed E-state index contributed by atoms with van der Waals surface area (Å²) in [7, 11) is 3.88. The summed E-state index contributed by atoms with van der Waals surface area (Å²) in [5.41, 5.74) is 4.00. The molecule has 5 nitrogen and oxygen atoms in total. The van der Waals surface area contributed by atoms with Gasteiger partial charge in [-0.1, -0.05) is 6.08 Å². The van der Waals surface area contributed by atoms with Gasteiger partial charge in [-0.2, -0.15) is 0 Å². The summed E-state index contributed by atoms with van der Waals surface area (Å²) in [6.45, 7) is 1.36. The van der Waals surface area contributed by atoms with Gasteiger partial charge >= 0.3 is 0 Å². The number of piperidine rings is 1. The lowest BCUT2D eigenvalue weighted by molar-refractivity contribution is -0.0235. The molecule has 2 aliphatic carbocycles. The molecule has 0 radical (unpaired) electrons. The Morgan fingerprint density at radius 1 is 1.29 bits per heavy atom. The third kappa shape index (κ3) is 1.80. The first-order valence-electron chi connectivity index (χ1n) is 8.69. The quantitative estimate of drug-likeness (QED) is 0.794. The van der Waals surface area contributed by atoms with Crippen molar-refractivity contribution < 1.29 is 19.3 Å². The molecule has 1 aromatic rings. The van der Waals surface area contributed by atoms with Gasteiger partial charge in [-0.25, -0.2) is 0 Å². The number of nitrogens with zero attached hydrogens (tertiary/aromatic N) is 1. The third-order valence-electron chi connectivity index (χ3n) is 6.45. The molecular formula is C19H23NO4. The zero-order chi connectivity index (χ0) is 16.5.